The van der Waals surface area contributed by atoms with Gasteiger partial charge in [-0.3, -0.25) is 0 Å². The highest BCUT2D eigenvalue weighted by atomic mass is 17.2. The summed E-state index contributed by atoms with van der Waals surface area (Å²) < 4.78 is 0. The molecule has 0 saturated heterocycles. The molecule has 0 spiro atoms. The largest absolute Gasteiger partial charge is 1.00 e. The topological polar surface area (TPSA) is 18.5 Å². The molecule has 0 heterocycles. The summed E-state index contributed by atoms with van der Waals surface area (Å²) in [6.45, 7) is 7.70. The van der Waals surface area contributed by atoms with Gasteiger partial charge in [0.05, 0.1) is 0 Å². The van der Waals surface area contributed by atoms with Crippen LogP contribution in [0.1, 0.15) is 1.43 Å². The second-order valence-electron chi connectivity index (χ2n) is 1.15. The Morgan fingerprint density at radius 3 is 1.75 bits per heavy atom. The zero-order valence-corrected chi connectivity index (χ0v) is 4.80. The van der Waals surface area contributed by atoms with Gasteiger partial charge >= 0.3 is 1.43 Å². The molecule has 8 heavy (non-hydrogen) atoms. The van der Waals surface area contributed by atoms with Crippen LogP contribution >= 0.6 is 0 Å². The molecule has 0 atom stereocenters. The lowest BCUT2D eigenvalue weighted by Gasteiger charge is -1.94. The van der Waals surface area contributed by atoms with Gasteiger partial charge in [0, 0.05) is 0 Å². The molecule has 0 radical (unpaired) electrons. The fourth-order valence-electron chi connectivity index (χ4n) is 0.192. The van der Waals surface area contributed by atoms with E-state index in [2.05, 4.69) is 22.9 Å². The highest BCUT2D eigenvalue weighted by Crippen LogP contribution is 1.77. The second-order valence-corrected chi connectivity index (χ2v) is 1.15. The van der Waals surface area contributed by atoms with Gasteiger partial charge in [0.25, 0.3) is 0 Å². The molecule has 0 aromatic heterocycles. The lowest BCUT2D eigenvalue weighted by atomic mass is 10.7. The molecular weight excluding hydrogens is 104 g/mol. The molecule has 0 rings (SSSR count). The van der Waals surface area contributed by atoms with Crippen molar-refractivity contribution in [2.75, 3.05) is 13.2 Å². The average Bonchev–Trinajstić information content (AvgIpc) is 1.81. The molecule has 0 aliphatic carbocycles. The summed E-state index contributed by atoms with van der Waals surface area (Å²) >= 11 is 0. The highest BCUT2D eigenvalue weighted by molar-refractivity contribution is 4.64. The molecule has 0 amide bonds. The van der Waals surface area contributed by atoms with E-state index >= 15 is 0 Å². The van der Waals surface area contributed by atoms with Crippen LogP contribution in [-0.2, 0) is 9.78 Å². The van der Waals surface area contributed by atoms with Crippen LogP contribution in [0.2, 0.25) is 0 Å². The van der Waals surface area contributed by atoms with Crippen LogP contribution in [0.25, 0.3) is 0 Å². The van der Waals surface area contributed by atoms with Crippen LogP contribution in [0, 0.1) is 0 Å². The molecule has 2 heteroatoms. The van der Waals surface area contributed by atoms with Gasteiger partial charge in [-0.25, -0.2) is 9.78 Å². The first-order chi connectivity index (χ1) is 3.91. The maximum absolute atomic E-state index is 4.53. The normalized spacial score (nSPS) is 8.50. The second kappa shape index (κ2) is 6.40. The van der Waals surface area contributed by atoms with Gasteiger partial charge in [-0.15, -0.1) is 13.2 Å². The lowest BCUT2D eigenvalue weighted by molar-refractivity contribution is -0.277. The van der Waals surface area contributed by atoms with E-state index in [4.69, 9.17) is 0 Å². The first kappa shape index (κ1) is 7.40. The predicted octanol–water partition coefficient (Wildman–Crippen LogP) is 1.42. The molecule has 2 nitrogen and oxygen atoms in total. The Kier molecular flexibility index (Phi) is 5.92. The summed E-state index contributed by atoms with van der Waals surface area (Å²) in [5.74, 6) is 0. The summed E-state index contributed by atoms with van der Waals surface area (Å²) in [6, 6.07) is 0. The third-order valence-corrected chi connectivity index (χ3v) is 0.455. The van der Waals surface area contributed by atoms with E-state index in [1.54, 1.807) is 12.2 Å². The smallest absolute Gasteiger partial charge is 0.232 e. The van der Waals surface area contributed by atoms with Crippen molar-refractivity contribution in [1.29, 1.82) is 0 Å². The summed E-state index contributed by atoms with van der Waals surface area (Å²) in [4.78, 5) is 9.07. The highest BCUT2D eigenvalue weighted by Gasteiger charge is 1.76. The van der Waals surface area contributed by atoms with Gasteiger partial charge in [0.1, 0.15) is 13.2 Å². The fraction of sp³-hybridized carbons (Fsp3) is 0.333. The fourth-order valence-corrected chi connectivity index (χ4v) is 0.192. The van der Waals surface area contributed by atoms with E-state index in [1.165, 1.54) is 0 Å². The first-order valence-corrected chi connectivity index (χ1v) is 2.38. The van der Waals surface area contributed by atoms with Gasteiger partial charge in [-0.2, -0.15) is 0 Å². The van der Waals surface area contributed by atoms with Gasteiger partial charge in [-0.1, -0.05) is 12.2 Å². The summed E-state index contributed by atoms with van der Waals surface area (Å²) in [7, 11) is 0. The van der Waals surface area contributed by atoms with E-state index in [0.717, 1.165) is 0 Å². The maximum Gasteiger partial charge on any atom is 1.00 e. The van der Waals surface area contributed by atoms with E-state index in [9.17, 15) is 0 Å². The van der Waals surface area contributed by atoms with Crippen LogP contribution in [-0.4, -0.2) is 13.2 Å². The summed E-state index contributed by atoms with van der Waals surface area (Å²) in [5.41, 5.74) is 0. The Hall–Kier alpha value is -0.600. The van der Waals surface area contributed by atoms with Crippen LogP contribution in [0.5, 0.6) is 0 Å². The Morgan fingerprint density at radius 2 is 1.50 bits per heavy atom. The van der Waals surface area contributed by atoms with Gasteiger partial charge in [-0.05, 0) is 0 Å². The molecule has 0 aromatic rings. The van der Waals surface area contributed by atoms with Crippen molar-refractivity contribution < 1.29 is 11.2 Å². The third kappa shape index (κ3) is 5.40. The number of hydrogen-bond acceptors (Lipinski definition) is 2. The Labute approximate surface area is 50.8 Å². The molecule has 0 aliphatic rings. The monoisotopic (exact) mass is 115 g/mol. The lowest BCUT2D eigenvalue weighted by Crippen LogP contribution is -1.92. The Balaban J connectivity index is 0. The Bertz CT molecular complexity index is 63.5. The van der Waals surface area contributed by atoms with E-state index in [0.29, 0.717) is 13.2 Å². The number of rotatable bonds is 5. The molecule has 0 bridgehead atoms. The minimum absolute atomic E-state index is 0. The maximum atomic E-state index is 4.53. The first-order valence-electron chi connectivity index (χ1n) is 2.38. The predicted molar refractivity (Wildman–Crippen MR) is 33.4 cm³/mol. The molecular formula is C6H11O2+. The van der Waals surface area contributed by atoms with Crippen molar-refractivity contribution in [1.82, 2.24) is 0 Å². The van der Waals surface area contributed by atoms with Crippen molar-refractivity contribution >= 4 is 0 Å². The van der Waals surface area contributed by atoms with Crippen LogP contribution in [0.3, 0.4) is 0 Å². The van der Waals surface area contributed by atoms with Crippen molar-refractivity contribution in [3.63, 3.8) is 0 Å². The minimum Gasteiger partial charge on any atom is -0.232 e. The molecule has 0 N–H and O–H groups in total. The van der Waals surface area contributed by atoms with Crippen molar-refractivity contribution in [2.45, 2.75) is 0 Å². The van der Waals surface area contributed by atoms with Crippen LogP contribution < -0.4 is 0 Å². The van der Waals surface area contributed by atoms with E-state index < -0.39 is 0 Å². The summed E-state index contributed by atoms with van der Waals surface area (Å²) in [5, 5.41) is 0. The third-order valence-electron chi connectivity index (χ3n) is 0.455. The van der Waals surface area contributed by atoms with Crippen LogP contribution in [0.4, 0.5) is 0 Å². The summed E-state index contributed by atoms with van der Waals surface area (Å²) in [6.07, 6.45) is 3.23. The number of hydrogen-bond donors (Lipinski definition) is 0. The van der Waals surface area contributed by atoms with Gasteiger partial charge in [0.15, 0.2) is 0 Å². The zero-order chi connectivity index (χ0) is 6.24. The molecule has 46 valence electrons. The van der Waals surface area contributed by atoms with Crippen LogP contribution in [0.15, 0.2) is 25.3 Å². The molecule has 0 fully saturated rings. The minimum atomic E-state index is 0. The molecule has 0 aliphatic heterocycles. The van der Waals surface area contributed by atoms with Crippen molar-refractivity contribution in [3.05, 3.63) is 25.3 Å². The standard InChI is InChI=1S/C6H10O2/c1-3-5-7-8-6-4-2/h3-4H,1-2,5-6H2/p+1. The molecule has 0 unspecified atom stereocenters. The quantitative estimate of drug-likeness (QED) is 0.233. The molecule has 0 aromatic carbocycles. The Morgan fingerprint density at radius 1 is 1.12 bits per heavy atom. The van der Waals surface area contributed by atoms with E-state index in [1.807, 2.05) is 0 Å². The van der Waals surface area contributed by atoms with E-state index in [-0.39, 0.29) is 1.43 Å². The average molecular weight is 115 g/mol. The molecule has 0 saturated carbocycles. The van der Waals surface area contributed by atoms with Crippen molar-refractivity contribution in [3.8, 4) is 0 Å². The van der Waals surface area contributed by atoms with Crippen molar-refractivity contribution in [2.24, 2.45) is 0 Å². The van der Waals surface area contributed by atoms with Gasteiger partial charge < -0.3 is 0 Å². The van der Waals surface area contributed by atoms with Gasteiger partial charge in [0.2, 0.25) is 0 Å². The SMILES string of the molecule is C=CCOOCC=C.[H+]. The zero-order valence-electron chi connectivity index (χ0n) is 5.80.